The summed E-state index contributed by atoms with van der Waals surface area (Å²) in [7, 11) is 1.62. The van der Waals surface area contributed by atoms with E-state index in [9.17, 15) is 9.90 Å². The highest BCUT2D eigenvalue weighted by Gasteiger charge is 2.27. The van der Waals surface area contributed by atoms with Gasteiger partial charge in [-0.3, -0.25) is 0 Å². The maximum absolute atomic E-state index is 12.4. The number of aliphatic carboxylic acids is 1. The molecule has 0 spiro atoms. The molecule has 0 amide bonds. The third-order valence-corrected chi connectivity index (χ3v) is 8.60. The second-order valence-corrected chi connectivity index (χ2v) is 10.9. The first-order valence-corrected chi connectivity index (χ1v) is 14.3. The van der Waals surface area contributed by atoms with E-state index in [0.717, 1.165) is 16.2 Å². The number of benzene rings is 2. The number of hydrogen-bond donors (Lipinski definition) is 1. The molecule has 40 heavy (non-hydrogen) atoms. The topological polar surface area (TPSA) is 104 Å². The third-order valence-electron chi connectivity index (χ3n) is 6.23. The smallest absolute Gasteiger partial charge is 0.345 e. The molecule has 2 aromatic carbocycles. The molecule has 0 radical (unpaired) electrons. The lowest BCUT2D eigenvalue weighted by molar-refractivity contribution is -0.145. The number of carbonyl (C=O) groups is 1. The number of para-hydroxylation sites is 1. The molecule has 5 aromatic rings. The Morgan fingerprint density at radius 3 is 2.55 bits per heavy atom. The van der Waals surface area contributed by atoms with E-state index in [4.69, 9.17) is 30.2 Å². The van der Waals surface area contributed by atoms with Crippen LogP contribution in [0.1, 0.15) is 30.6 Å². The van der Waals surface area contributed by atoms with Crippen LogP contribution in [0.5, 0.6) is 17.4 Å². The van der Waals surface area contributed by atoms with Crippen LogP contribution in [0, 0.1) is 0 Å². The van der Waals surface area contributed by atoms with Gasteiger partial charge in [-0.2, -0.15) is 0 Å². The van der Waals surface area contributed by atoms with Crippen LogP contribution in [-0.2, 0) is 11.2 Å². The van der Waals surface area contributed by atoms with E-state index >= 15 is 0 Å². The van der Waals surface area contributed by atoms with Crippen LogP contribution >= 0.6 is 38.9 Å². The van der Waals surface area contributed by atoms with Crippen molar-refractivity contribution in [1.29, 1.82) is 0 Å². The first-order chi connectivity index (χ1) is 19.4. The van der Waals surface area contributed by atoms with Crippen molar-refractivity contribution in [3.63, 3.8) is 0 Å². The zero-order valence-corrected chi connectivity index (χ0v) is 24.6. The minimum Gasteiger partial charge on any atom is -0.497 e. The van der Waals surface area contributed by atoms with E-state index in [2.05, 4.69) is 25.9 Å². The lowest BCUT2D eigenvalue weighted by Gasteiger charge is -2.22. The fourth-order valence-corrected chi connectivity index (χ4v) is 6.28. The van der Waals surface area contributed by atoms with Gasteiger partial charge in [0.25, 0.3) is 0 Å². The average molecular weight is 644 g/mol. The standard InChI is InChI=1S/C29H24BrClN2O6S/c1-3-19(16-8-10-18(36-2)11-9-16)37-20-7-5-4-6-17(20)14-22(29(34)35)39-27-24-25(30)26(21-12-13-23(31)38-21)40-28(24)33-15-32-27/h4-13,15,19,22H,3,14H2,1-2H3,(H,34,35)/t19?,22-/m1/s1. The summed E-state index contributed by atoms with van der Waals surface area (Å²) in [5, 5.41) is 10.9. The van der Waals surface area contributed by atoms with E-state index in [1.54, 1.807) is 19.2 Å². The van der Waals surface area contributed by atoms with Crippen LogP contribution in [0.3, 0.4) is 0 Å². The van der Waals surface area contributed by atoms with Crippen LogP contribution in [0.25, 0.3) is 20.9 Å². The number of hydrogen-bond acceptors (Lipinski definition) is 8. The molecule has 206 valence electrons. The van der Waals surface area contributed by atoms with Crippen LogP contribution in [0.4, 0.5) is 0 Å². The van der Waals surface area contributed by atoms with Gasteiger partial charge >= 0.3 is 5.97 Å². The normalized spacial score (nSPS) is 12.7. The quantitative estimate of drug-likeness (QED) is 0.155. The molecule has 0 aliphatic heterocycles. The summed E-state index contributed by atoms with van der Waals surface area (Å²) < 4.78 is 23.9. The molecule has 8 nitrogen and oxygen atoms in total. The Bertz CT molecular complexity index is 1640. The van der Waals surface area contributed by atoms with Gasteiger partial charge in [-0.25, -0.2) is 14.8 Å². The molecule has 1 N–H and O–H groups in total. The summed E-state index contributed by atoms with van der Waals surface area (Å²) in [6.45, 7) is 2.03. The molecule has 0 saturated carbocycles. The van der Waals surface area contributed by atoms with Gasteiger partial charge in [0.1, 0.15) is 34.5 Å². The molecule has 0 fully saturated rings. The molecule has 2 atom stereocenters. The third kappa shape index (κ3) is 5.94. The number of ether oxygens (including phenoxy) is 3. The van der Waals surface area contributed by atoms with Crippen LogP contribution in [0.2, 0.25) is 5.22 Å². The summed E-state index contributed by atoms with van der Waals surface area (Å²) in [4.78, 5) is 22.3. The van der Waals surface area contributed by atoms with Gasteiger partial charge < -0.3 is 23.7 Å². The highest BCUT2D eigenvalue weighted by molar-refractivity contribution is 9.10. The summed E-state index contributed by atoms with van der Waals surface area (Å²) in [5.41, 5.74) is 1.69. The van der Waals surface area contributed by atoms with Crippen molar-refractivity contribution in [2.75, 3.05) is 7.11 Å². The van der Waals surface area contributed by atoms with Crippen molar-refractivity contribution in [3.8, 4) is 28.0 Å². The zero-order chi connectivity index (χ0) is 28.2. The monoisotopic (exact) mass is 642 g/mol. The van der Waals surface area contributed by atoms with Crippen LogP contribution < -0.4 is 14.2 Å². The van der Waals surface area contributed by atoms with E-state index in [-0.39, 0.29) is 23.6 Å². The van der Waals surface area contributed by atoms with E-state index < -0.39 is 12.1 Å². The van der Waals surface area contributed by atoms with Gasteiger partial charge in [0.2, 0.25) is 12.0 Å². The fourth-order valence-electron chi connectivity index (χ4n) is 4.22. The lowest BCUT2D eigenvalue weighted by Crippen LogP contribution is -2.30. The Morgan fingerprint density at radius 2 is 1.88 bits per heavy atom. The summed E-state index contributed by atoms with van der Waals surface area (Å²) >= 11 is 10.9. The summed E-state index contributed by atoms with van der Waals surface area (Å²) in [5.74, 6) is 0.910. The van der Waals surface area contributed by atoms with E-state index in [1.165, 1.54) is 17.7 Å². The number of fused-ring (bicyclic) bond motifs is 1. The number of rotatable bonds is 11. The summed E-state index contributed by atoms with van der Waals surface area (Å²) in [6, 6.07) is 18.5. The first-order valence-electron chi connectivity index (χ1n) is 12.3. The van der Waals surface area contributed by atoms with Gasteiger partial charge in [0.15, 0.2) is 5.22 Å². The van der Waals surface area contributed by atoms with Crippen molar-refractivity contribution in [1.82, 2.24) is 9.97 Å². The van der Waals surface area contributed by atoms with E-state index in [1.807, 2.05) is 55.5 Å². The van der Waals surface area contributed by atoms with Gasteiger partial charge in [0.05, 0.1) is 21.8 Å². The molecular weight excluding hydrogens is 620 g/mol. The Hall–Kier alpha value is -3.60. The number of aromatic nitrogens is 2. The largest absolute Gasteiger partial charge is 0.497 e. The van der Waals surface area contributed by atoms with Crippen molar-refractivity contribution in [2.24, 2.45) is 0 Å². The Balaban J connectivity index is 1.41. The predicted molar refractivity (Wildman–Crippen MR) is 157 cm³/mol. The Labute approximate surface area is 247 Å². The highest BCUT2D eigenvalue weighted by Crippen LogP contribution is 2.45. The lowest BCUT2D eigenvalue weighted by atomic mass is 10.0. The Kier molecular flexibility index (Phi) is 8.58. The molecule has 0 bridgehead atoms. The average Bonchev–Trinajstić information content (AvgIpc) is 3.55. The maximum Gasteiger partial charge on any atom is 0.345 e. The number of halogens is 2. The minimum atomic E-state index is -1.24. The summed E-state index contributed by atoms with van der Waals surface area (Å²) in [6.07, 6.45) is 0.646. The molecule has 11 heteroatoms. The molecular formula is C29H24BrClN2O6S. The fraction of sp³-hybridized carbons (Fsp3) is 0.207. The number of furan rings is 1. The number of carboxylic acid groups (broad SMARTS) is 1. The Morgan fingerprint density at radius 1 is 1.10 bits per heavy atom. The molecule has 0 aliphatic carbocycles. The number of thiophene rings is 1. The first kappa shape index (κ1) is 27.9. The molecule has 3 heterocycles. The van der Waals surface area contributed by atoms with Gasteiger partial charge in [-0.05, 0) is 75.4 Å². The second-order valence-electron chi connectivity index (χ2n) is 8.75. The number of nitrogens with zero attached hydrogens (tertiary/aromatic N) is 2. The molecule has 3 aromatic heterocycles. The molecule has 0 saturated heterocycles. The van der Waals surface area contributed by atoms with Gasteiger partial charge in [-0.1, -0.05) is 37.3 Å². The van der Waals surface area contributed by atoms with Crippen molar-refractivity contribution in [3.05, 3.63) is 87.8 Å². The SMILES string of the molecule is CCC(Oc1ccccc1C[C@@H](Oc1ncnc2sc(-c3ccc(Cl)o3)c(Br)c12)C(=O)O)c1ccc(OC)cc1. The zero-order valence-electron chi connectivity index (χ0n) is 21.5. The van der Waals surface area contributed by atoms with Crippen LogP contribution in [0.15, 0.2) is 75.9 Å². The molecule has 5 rings (SSSR count). The maximum atomic E-state index is 12.4. The minimum absolute atomic E-state index is 0.0540. The molecule has 0 aliphatic rings. The van der Waals surface area contributed by atoms with Crippen LogP contribution in [-0.4, -0.2) is 34.3 Å². The number of carboxylic acids is 1. The predicted octanol–water partition coefficient (Wildman–Crippen LogP) is 7.98. The van der Waals surface area contributed by atoms with Crippen molar-refractivity contribution in [2.45, 2.75) is 32.0 Å². The number of methoxy groups -OCH3 is 1. The van der Waals surface area contributed by atoms with E-state index in [0.29, 0.717) is 38.2 Å². The second kappa shape index (κ2) is 12.3. The molecule has 1 unspecified atom stereocenters. The van der Waals surface area contributed by atoms with Crippen molar-refractivity contribution < 1.29 is 28.5 Å². The highest BCUT2D eigenvalue weighted by atomic mass is 79.9. The van der Waals surface area contributed by atoms with Gasteiger partial charge in [-0.15, -0.1) is 11.3 Å². The van der Waals surface area contributed by atoms with Gasteiger partial charge in [0, 0.05) is 6.42 Å². The van der Waals surface area contributed by atoms with Crippen molar-refractivity contribution >= 4 is 55.1 Å².